The van der Waals surface area contributed by atoms with Crippen LogP contribution in [0.25, 0.3) is 0 Å². The molecule has 1 amide bonds. The topological polar surface area (TPSA) is 91.3 Å². The summed E-state index contributed by atoms with van der Waals surface area (Å²) in [4.78, 5) is 30.0. The van der Waals surface area contributed by atoms with Gasteiger partial charge in [0, 0.05) is 12.1 Å². The first-order chi connectivity index (χ1) is 16.0. The van der Waals surface area contributed by atoms with Gasteiger partial charge in [-0.05, 0) is 87.0 Å². The van der Waals surface area contributed by atoms with Gasteiger partial charge in [-0.2, -0.15) is 0 Å². The van der Waals surface area contributed by atoms with E-state index in [9.17, 15) is 14.7 Å². The van der Waals surface area contributed by atoms with Crippen LogP contribution in [-0.2, 0) is 4.79 Å². The van der Waals surface area contributed by atoms with E-state index >= 15 is 0 Å². The van der Waals surface area contributed by atoms with Crippen LogP contribution in [0.3, 0.4) is 0 Å². The standard InChI is InChI=1S/C26H37N3O3S/c1-2-10-33-24-20(23(30)27-19-6-4-3-5-7-19)8-9-21(29-24)28-22-17-11-16-12-18(22)15-26(13-16,14-17)25(31)32/h8-9,16-19,22H,2-7,10-15H2,1H3,(H,27,30)(H,28,29)(H,31,32)/t16?,17-,18?,22?,26?/m0/s1. The number of carboxylic acids is 1. The lowest BCUT2D eigenvalue weighted by Gasteiger charge is -2.58. The number of aromatic nitrogens is 1. The zero-order valence-corrected chi connectivity index (χ0v) is 20.5. The van der Waals surface area contributed by atoms with Gasteiger partial charge in [-0.1, -0.05) is 26.2 Å². The number of carbonyl (C=O) groups is 2. The Labute approximate surface area is 201 Å². The second-order valence-electron chi connectivity index (χ2n) is 10.9. The van der Waals surface area contributed by atoms with Gasteiger partial charge < -0.3 is 15.7 Å². The Hall–Kier alpha value is -1.76. The van der Waals surface area contributed by atoms with Crippen LogP contribution in [0, 0.1) is 23.2 Å². The Balaban J connectivity index is 1.32. The number of pyridine rings is 1. The highest BCUT2D eigenvalue weighted by molar-refractivity contribution is 7.99. The molecule has 1 aromatic heterocycles. The first-order valence-electron chi connectivity index (χ1n) is 12.9. The van der Waals surface area contributed by atoms with Crippen molar-refractivity contribution in [2.24, 2.45) is 23.2 Å². The number of carboxylic acid groups (broad SMARTS) is 1. The molecule has 0 aromatic carbocycles. The summed E-state index contributed by atoms with van der Waals surface area (Å²) in [6, 6.07) is 4.44. The van der Waals surface area contributed by atoms with Gasteiger partial charge >= 0.3 is 5.97 Å². The van der Waals surface area contributed by atoms with Gasteiger partial charge in [0.15, 0.2) is 0 Å². The van der Waals surface area contributed by atoms with E-state index in [2.05, 4.69) is 17.6 Å². The third-order valence-electron chi connectivity index (χ3n) is 8.53. The minimum Gasteiger partial charge on any atom is -0.481 e. The van der Waals surface area contributed by atoms with Crippen molar-refractivity contribution in [3.05, 3.63) is 17.7 Å². The number of aliphatic carboxylic acids is 1. The molecule has 6 nitrogen and oxygen atoms in total. The number of hydrogen-bond donors (Lipinski definition) is 3. The lowest BCUT2D eigenvalue weighted by atomic mass is 9.48. The highest BCUT2D eigenvalue weighted by Gasteiger charge is 2.58. The summed E-state index contributed by atoms with van der Waals surface area (Å²) in [5.74, 6) is 2.52. The Morgan fingerprint density at radius 2 is 1.85 bits per heavy atom. The van der Waals surface area contributed by atoms with Crippen LogP contribution in [0.1, 0.15) is 87.9 Å². The Bertz CT molecular complexity index is 885. The first kappa shape index (κ1) is 23.0. The summed E-state index contributed by atoms with van der Waals surface area (Å²) in [6.07, 6.45) is 11.5. The molecule has 3 N–H and O–H groups in total. The molecule has 4 bridgehead atoms. The van der Waals surface area contributed by atoms with E-state index in [-0.39, 0.29) is 18.0 Å². The van der Waals surface area contributed by atoms with Gasteiger partial charge in [-0.3, -0.25) is 9.59 Å². The number of carbonyl (C=O) groups excluding carboxylic acids is 1. The third kappa shape index (κ3) is 4.62. The van der Waals surface area contributed by atoms with E-state index in [0.717, 1.165) is 68.0 Å². The van der Waals surface area contributed by atoms with Crippen LogP contribution in [-0.4, -0.2) is 39.8 Å². The van der Waals surface area contributed by atoms with Crippen molar-refractivity contribution in [1.82, 2.24) is 10.3 Å². The predicted molar refractivity (Wildman–Crippen MR) is 131 cm³/mol. The molecule has 4 unspecified atom stereocenters. The zero-order valence-electron chi connectivity index (χ0n) is 19.6. The lowest BCUT2D eigenvalue weighted by molar-refractivity contribution is -0.165. The van der Waals surface area contributed by atoms with Crippen molar-refractivity contribution in [1.29, 1.82) is 0 Å². The van der Waals surface area contributed by atoms with Gasteiger partial charge in [-0.25, -0.2) is 4.98 Å². The maximum absolute atomic E-state index is 13.1. The summed E-state index contributed by atoms with van der Waals surface area (Å²) in [7, 11) is 0. The third-order valence-corrected chi connectivity index (χ3v) is 9.73. The Morgan fingerprint density at radius 3 is 2.52 bits per heavy atom. The first-order valence-corrected chi connectivity index (χ1v) is 13.9. The molecule has 5 atom stereocenters. The Kier molecular flexibility index (Phi) is 6.60. The molecule has 6 rings (SSSR count). The number of thioether (sulfide) groups is 1. The van der Waals surface area contributed by atoms with Gasteiger partial charge in [-0.15, -0.1) is 11.8 Å². The van der Waals surface area contributed by atoms with Crippen LogP contribution in [0.15, 0.2) is 17.2 Å². The lowest BCUT2D eigenvalue weighted by Crippen LogP contribution is -2.58. The average Bonchev–Trinajstić information content (AvgIpc) is 2.80. The average molecular weight is 472 g/mol. The molecule has 5 saturated carbocycles. The quantitative estimate of drug-likeness (QED) is 0.444. The molecular weight excluding hydrogens is 434 g/mol. The summed E-state index contributed by atoms with van der Waals surface area (Å²) in [6.45, 7) is 2.14. The number of amides is 1. The maximum Gasteiger partial charge on any atom is 0.309 e. The molecular formula is C26H37N3O3S. The molecule has 5 fully saturated rings. The number of nitrogens with zero attached hydrogens (tertiary/aromatic N) is 1. The van der Waals surface area contributed by atoms with Crippen molar-refractivity contribution in [3.8, 4) is 0 Å². The highest BCUT2D eigenvalue weighted by Crippen LogP contribution is 2.60. The van der Waals surface area contributed by atoms with Gasteiger partial charge in [0.25, 0.3) is 5.91 Å². The molecule has 1 aromatic rings. The van der Waals surface area contributed by atoms with Crippen molar-refractivity contribution in [2.45, 2.75) is 94.7 Å². The van der Waals surface area contributed by atoms with E-state index in [1.807, 2.05) is 12.1 Å². The zero-order chi connectivity index (χ0) is 23.0. The van der Waals surface area contributed by atoms with Crippen LogP contribution in [0.4, 0.5) is 5.82 Å². The molecule has 0 aliphatic heterocycles. The SMILES string of the molecule is CCCSc1nc(NC2C3CC4C[C@H]2CC(C(=O)O)(C4)C3)ccc1C(=O)NC1CCCCC1. The molecule has 0 radical (unpaired) electrons. The predicted octanol–water partition coefficient (Wildman–Crippen LogP) is 5.34. The van der Waals surface area contributed by atoms with Gasteiger partial charge in [0.05, 0.1) is 11.0 Å². The Morgan fingerprint density at radius 1 is 1.12 bits per heavy atom. The van der Waals surface area contributed by atoms with Crippen LogP contribution >= 0.6 is 11.8 Å². The van der Waals surface area contributed by atoms with Crippen LogP contribution in [0.5, 0.6) is 0 Å². The van der Waals surface area contributed by atoms with E-state index < -0.39 is 11.4 Å². The molecule has 1 heterocycles. The molecule has 5 aliphatic rings. The molecule has 7 heteroatoms. The molecule has 0 spiro atoms. The van der Waals surface area contributed by atoms with E-state index in [4.69, 9.17) is 4.98 Å². The van der Waals surface area contributed by atoms with Crippen molar-refractivity contribution >= 4 is 29.5 Å². The fourth-order valence-electron chi connectivity index (χ4n) is 7.21. The largest absolute Gasteiger partial charge is 0.481 e. The molecule has 0 saturated heterocycles. The fourth-order valence-corrected chi connectivity index (χ4v) is 8.08. The van der Waals surface area contributed by atoms with Gasteiger partial charge in [0.2, 0.25) is 0 Å². The van der Waals surface area contributed by atoms with Crippen LogP contribution < -0.4 is 10.6 Å². The second-order valence-corrected chi connectivity index (χ2v) is 12.0. The van der Waals surface area contributed by atoms with E-state index in [0.29, 0.717) is 23.3 Å². The fraction of sp³-hybridized carbons (Fsp3) is 0.731. The monoisotopic (exact) mass is 471 g/mol. The van der Waals surface area contributed by atoms with Crippen molar-refractivity contribution in [3.63, 3.8) is 0 Å². The van der Waals surface area contributed by atoms with Gasteiger partial charge in [0.1, 0.15) is 10.8 Å². The number of nitrogens with one attached hydrogen (secondary N) is 2. The summed E-state index contributed by atoms with van der Waals surface area (Å²) >= 11 is 1.66. The van der Waals surface area contributed by atoms with Crippen molar-refractivity contribution < 1.29 is 14.7 Å². The van der Waals surface area contributed by atoms with E-state index in [1.54, 1.807) is 11.8 Å². The smallest absolute Gasteiger partial charge is 0.309 e. The number of hydrogen-bond acceptors (Lipinski definition) is 5. The maximum atomic E-state index is 13.1. The molecule has 33 heavy (non-hydrogen) atoms. The molecule has 180 valence electrons. The number of rotatable bonds is 8. The normalized spacial score (nSPS) is 33.1. The second kappa shape index (κ2) is 9.47. The minimum absolute atomic E-state index is 0.00224. The number of anilines is 1. The highest BCUT2D eigenvalue weighted by atomic mass is 32.2. The summed E-state index contributed by atoms with van der Waals surface area (Å²) in [5.41, 5.74) is 0.185. The van der Waals surface area contributed by atoms with E-state index in [1.165, 1.54) is 19.3 Å². The summed E-state index contributed by atoms with van der Waals surface area (Å²) < 4.78 is 0. The molecule has 5 aliphatic carbocycles. The van der Waals surface area contributed by atoms with Crippen molar-refractivity contribution in [2.75, 3.05) is 11.1 Å². The summed E-state index contributed by atoms with van der Waals surface area (Å²) in [5, 5.41) is 17.6. The van der Waals surface area contributed by atoms with Crippen LogP contribution in [0.2, 0.25) is 0 Å². The minimum atomic E-state index is -0.593.